The second kappa shape index (κ2) is 5.32. The van der Waals surface area contributed by atoms with E-state index in [1.165, 1.54) is 14.0 Å². The Morgan fingerprint density at radius 2 is 1.70 bits per heavy atom. The van der Waals surface area contributed by atoms with E-state index in [0.717, 1.165) is 11.4 Å². The molecule has 1 aromatic heterocycles. The van der Waals surface area contributed by atoms with Crippen molar-refractivity contribution in [2.45, 2.75) is 20.8 Å². The number of carbonyl (C=O) groups is 1. The van der Waals surface area contributed by atoms with E-state index in [9.17, 15) is 4.79 Å². The molecule has 6 nitrogen and oxygen atoms in total. The summed E-state index contributed by atoms with van der Waals surface area (Å²) in [5.41, 5.74) is 3.32. The van der Waals surface area contributed by atoms with Gasteiger partial charge in [0.1, 0.15) is 16.8 Å². The van der Waals surface area contributed by atoms with Crippen molar-refractivity contribution in [3.63, 3.8) is 0 Å². The molecule has 1 heterocycles. The second-order valence-electron chi connectivity index (χ2n) is 4.43. The van der Waals surface area contributed by atoms with Crippen molar-refractivity contribution in [1.82, 2.24) is 9.97 Å². The third-order valence-electron chi connectivity index (χ3n) is 3.01. The maximum atomic E-state index is 11.3. The number of nitrogens with zero attached hydrogens (tertiary/aromatic N) is 2. The van der Waals surface area contributed by atoms with Gasteiger partial charge >= 0.3 is 0 Å². The lowest BCUT2D eigenvalue weighted by molar-refractivity contribution is -0.114. The minimum absolute atomic E-state index is 0.193. The number of aromatic nitrogens is 2. The number of methoxy groups -OCH3 is 2. The van der Waals surface area contributed by atoms with Crippen molar-refractivity contribution in [3.8, 4) is 11.5 Å². The van der Waals surface area contributed by atoms with Gasteiger partial charge in [-0.25, -0.2) is 9.97 Å². The van der Waals surface area contributed by atoms with Crippen LogP contribution in [0, 0.1) is 13.8 Å². The van der Waals surface area contributed by atoms with E-state index in [1.54, 1.807) is 13.2 Å². The topological polar surface area (TPSA) is 73.3 Å². The minimum Gasteiger partial charge on any atom is -0.494 e. The molecule has 0 spiro atoms. The SMILES string of the molecule is COc1cc(NC(C)=O)c(OC)c2nc(C)c(C)nc12. The zero-order valence-electron chi connectivity index (χ0n) is 12.2. The van der Waals surface area contributed by atoms with E-state index in [-0.39, 0.29) is 5.91 Å². The van der Waals surface area contributed by atoms with Crippen LogP contribution in [0.15, 0.2) is 6.07 Å². The molecule has 2 aromatic rings. The average molecular weight is 275 g/mol. The highest BCUT2D eigenvalue weighted by Gasteiger charge is 2.17. The van der Waals surface area contributed by atoms with E-state index in [1.807, 2.05) is 13.8 Å². The maximum absolute atomic E-state index is 11.3. The van der Waals surface area contributed by atoms with Crippen LogP contribution in [0.2, 0.25) is 0 Å². The normalized spacial score (nSPS) is 10.4. The molecule has 2 rings (SSSR count). The van der Waals surface area contributed by atoms with Crippen LogP contribution < -0.4 is 14.8 Å². The Hall–Kier alpha value is -2.37. The van der Waals surface area contributed by atoms with Crippen molar-refractivity contribution in [1.29, 1.82) is 0 Å². The number of nitrogens with one attached hydrogen (secondary N) is 1. The van der Waals surface area contributed by atoms with E-state index >= 15 is 0 Å². The first-order valence-corrected chi connectivity index (χ1v) is 6.15. The molecular formula is C14H17N3O3. The Kier molecular flexibility index (Phi) is 3.74. The van der Waals surface area contributed by atoms with Crippen LogP contribution in [-0.4, -0.2) is 30.1 Å². The fourth-order valence-electron chi connectivity index (χ4n) is 1.97. The van der Waals surface area contributed by atoms with E-state index < -0.39 is 0 Å². The van der Waals surface area contributed by atoms with Crippen LogP contribution in [-0.2, 0) is 4.79 Å². The molecule has 6 heteroatoms. The van der Waals surface area contributed by atoms with Crippen LogP contribution in [0.1, 0.15) is 18.3 Å². The fraction of sp³-hybridized carbons (Fsp3) is 0.357. The molecule has 1 aromatic carbocycles. The van der Waals surface area contributed by atoms with Crippen molar-refractivity contribution in [2.75, 3.05) is 19.5 Å². The summed E-state index contributed by atoms with van der Waals surface area (Å²) in [6.07, 6.45) is 0. The molecule has 0 atom stereocenters. The number of rotatable bonds is 3. The highest BCUT2D eigenvalue weighted by Crippen LogP contribution is 2.38. The molecule has 1 amide bonds. The molecule has 106 valence electrons. The summed E-state index contributed by atoms with van der Waals surface area (Å²) in [5, 5.41) is 2.71. The van der Waals surface area contributed by atoms with Crippen LogP contribution in [0.25, 0.3) is 11.0 Å². The summed E-state index contributed by atoms with van der Waals surface area (Å²) in [6, 6.07) is 1.69. The van der Waals surface area contributed by atoms with Crippen LogP contribution in [0.4, 0.5) is 5.69 Å². The number of ether oxygens (including phenoxy) is 2. The van der Waals surface area contributed by atoms with Gasteiger partial charge in [-0.2, -0.15) is 0 Å². The molecule has 1 N–H and O–H groups in total. The smallest absolute Gasteiger partial charge is 0.221 e. The fourth-order valence-corrected chi connectivity index (χ4v) is 1.97. The molecule has 0 aliphatic carbocycles. The van der Waals surface area contributed by atoms with Gasteiger partial charge in [-0.1, -0.05) is 0 Å². The molecule has 20 heavy (non-hydrogen) atoms. The summed E-state index contributed by atoms with van der Waals surface area (Å²) < 4.78 is 10.7. The minimum atomic E-state index is -0.193. The van der Waals surface area contributed by atoms with Crippen LogP contribution >= 0.6 is 0 Å². The second-order valence-corrected chi connectivity index (χ2v) is 4.43. The van der Waals surface area contributed by atoms with Crippen molar-refractivity contribution in [2.24, 2.45) is 0 Å². The first kappa shape index (κ1) is 14.0. The summed E-state index contributed by atoms with van der Waals surface area (Å²) in [7, 11) is 3.08. The summed E-state index contributed by atoms with van der Waals surface area (Å²) in [6.45, 7) is 5.19. The van der Waals surface area contributed by atoms with Crippen molar-refractivity contribution < 1.29 is 14.3 Å². The van der Waals surface area contributed by atoms with Gasteiger partial charge in [-0.3, -0.25) is 4.79 Å². The summed E-state index contributed by atoms with van der Waals surface area (Å²) in [4.78, 5) is 20.3. The number of anilines is 1. The van der Waals surface area contributed by atoms with Gasteiger partial charge in [0.15, 0.2) is 5.75 Å². The molecule has 0 unspecified atom stereocenters. The predicted molar refractivity (Wildman–Crippen MR) is 76.4 cm³/mol. The monoisotopic (exact) mass is 275 g/mol. The number of aryl methyl sites for hydroxylation is 2. The summed E-state index contributed by atoms with van der Waals surface area (Å²) in [5.74, 6) is 0.827. The highest BCUT2D eigenvalue weighted by molar-refractivity contribution is 5.98. The molecular weight excluding hydrogens is 258 g/mol. The van der Waals surface area contributed by atoms with Gasteiger partial charge in [0, 0.05) is 13.0 Å². The van der Waals surface area contributed by atoms with Gasteiger partial charge in [0.2, 0.25) is 5.91 Å². The number of benzene rings is 1. The lowest BCUT2D eigenvalue weighted by Crippen LogP contribution is -2.09. The Balaban J connectivity index is 2.83. The first-order valence-electron chi connectivity index (χ1n) is 6.15. The third kappa shape index (κ3) is 2.36. The maximum Gasteiger partial charge on any atom is 0.221 e. The summed E-state index contributed by atoms with van der Waals surface area (Å²) >= 11 is 0. The average Bonchev–Trinajstić information content (AvgIpc) is 2.39. The number of fused-ring (bicyclic) bond motifs is 1. The number of hydrogen-bond acceptors (Lipinski definition) is 5. The van der Waals surface area contributed by atoms with Gasteiger partial charge < -0.3 is 14.8 Å². The molecule has 0 saturated carbocycles. The largest absolute Gasteiger partial charge is 0.494 e. The Morgan fingerprint density at radius 3 is 2.20 bits per heavy atom. The van der Waals surface area contributed by atoms with Gasteiger partial charge in [-0.15, -0.1) is 0 Å². The number of amides is 1. The molecule has 0 saturated heterocycles. The van der Waals surface area contributed by atoms with Crippen molar-refractivity contribution in [3.05, 3.63) is 17.5 Å². The Morgan fingerprint density at radius 1 is 1.10 bits per heavy atom. The highest BCUT2D eigenvalue weighted by atomic mass is 16.5. The standard InChI is InChI=1S/C14H17N3O3/c1-7-8(2)16-13-12(15-7)11(19-4)6-10(14(13)20-5)17-9(3)18/h6H,1-5H3,(H,17,18). The molecule has 0 fully saturated rings. The van der Waals surface area contributed by atoms with E-state index in [0.29, 0.717) is 28.2 Å². The number of hydrogen-bond donors (Lipinski definition) is 1. The quantitative estimate of drug-likeness (QED) is 0.929. The predicted octanol–water partition coefficient (Wildman–Crippen LogP) is 2.22. The number of carbonyl (C=O) groups excluding carboxylic acids is 1. The van der Waals surface area contributed by atoms with Crippen molar-refractivity contribution >= 4 is 22.6 Å². The lowest BCUT2D eigenvalue weighted by Gasteiger charge is -2.15. The third-order valence-corrected chi connectivity index (χ3v) is 3.01. The zero-order chi connectivity index (χ0) is 14.9. The molecule has 0 radical (unpaired) electrons. The Bertz CT molecular complexity index is 683. The zero-order valence-corrected chi connectivity index (χ0v) is 12.2. The first-order chi connectivity index (χ1) is 9.47. The van der Waals surface area contributed by atoms with Crippen LogP contribution in [0.3, 0.4) is 0 Å². The molecule has 0 bridgehead atoms. The van der Waals surface area contributed by atoms with Gasteiger partial charge in [0.25, 0.3) is 0 Å². The van der Waals surface area contributed by atoms with Gasteiger partial charge in [0.05, 0.1) is 31.3 Å². The molecule has 0 aliphatic heterocycles. The van der Waals surface area contributed by atoms with Crippen LogP contribution in [0.5, 0.6) is 11.5 Å². The van der Waals surface area contributed by atoms with Gasteiger partial charge in [-0.05, 0) is 13.8 Å². The Labute approximate surface area is 117 Å². The lowest BCUT2D eigenvalue weighted by atomic mass is 10.2. The van der Waals surface area contributed by atoms with E-state index in [4.69, 9.17) is 9.47 Å². The molecule has 0 aliphatic rings. The van der Waals surface area contributed by atoms with E-state index in [2.05, 4.69) is 15.3 Å².